The molecule has 1 aromatic rings. The second kappa shape index (κ2) is 7.23. The van der Waals surface area contributed by atoms with Crippen molar-refractivity contribution in [3.05, 3.63) is 35.9 Å². The van der Waals surface area contributed by atoms with Crippen LogP contribution in [0.2, 0.25) is 0 Å². The zero-order chi connectivity index (χ0) is 14.4. The maximum atomic E-state index is 11.6. The van der Waals surface area contributed by atoms with Crippen molar-refractivity contribution in [2.45, 2.75) is 31.3 Å². The van der Waals surface area contributed by atoms with Gasteiger partial charge in [-0.3, -0.25) is 0 Å². The van der Waals surface area contributed by atoms with Crippen molar-refractivity contribution in [1.82, 2.24) is 5.32 Å². The molecule has 0 aliphatic carbocycles. The average Bonchev–Trinajstić information content (AvgIpc) is 2.48. The lowest BCUT2D eigenvalue weighted by molar-refractivity contribution is -0.0824. The molecule has 6 nitrogen and oxygen atoms in total. The highest BCUT2D eigenvalue weighted by Gasteiger charge is 2.30. The van der Waals surface area contributed by atoms with Crippen molar-refractivity contribution in [3.8, 4) is 0 Å². The number of carbonyl (C=O) groups excluding carboxylic acids is 1. The molecule has 0 spiro atoms. The molecule has 3 atom stereocenters. The van der Waals surface area contributed by atoms with Gasteiger partial charge in [0.1, 0.15) is 6.61 Å². The van der Waals surface area contributed by atoms with Crippen LogP contribution in [0.25, 0.3) is 0 Å². The monoisotopic (exact) mass is 281 g/mol. The van der Waals surface area contributed by atoms with Gasteiger partial charge in [-0.25, -0.2) is 4.79 Å². The molecule has 1 amide bonds. The highest BCUT2D eigenvalue weighted by molar-refractivity contribution is 5.67. The Morgan fingerprint density at radius 3 is 2.80 bits per heavy atom. The van der Waals surface area contributed by atoms with Crippen LogP contribution in [0.15, 0.2) is 30.3 Å². The number of ether oxygens (including phenoxy) is 2. The van der Waals surface area contributed by atoms with Crippen LogP contribution in [0.3, 0.4) is 0 Å². The molecular formula is C14H19NO5. The molecular weight excluding hydrogens is 262 g/mol. The van der Waals surface area contributed by atoms with E-state index < -0.39 is 18.2 Å². The number of aliphatic hydroxyl groups is 2. The van der Waals surface area contributed by atoms with Crippen LogP contribution in [0, 0.1) is 0 Å². The Labute approximate surface area is 117 Å². The third-order valence-corrected chi connectivity index (χ3v) is 3.20. The molecule has 3 N–H and O–H groups in total. The average molecular weight is 281 g/mol. The summed E-state index contributed by atoms with van der Waals surface area (Å²) >= 11 is 0. The summed E-state index contributed by atoms with van der Waals surface area (Å²) in [4.78, 5) is 11.6. The SMILES string of the molecule is O=C(N[C@H]1CO[C@H](CO)C[C@@H]1O)OCc1ccccc1. The fourth-order valence-electron chi connectivity index (χ4n) is 2.03. The molecule has 2 rings (SSSR count). The van der Waals surface area contributed by atoms with Gasteiger partial charge in [0.2, 0.25) is 0 Å². The van der Waals surface area contributed by atoms with Crippen LogP contribution in [0.5, 0.6) is 0 Å². The highest BCUT2D eigenvalue weighted by atomic mass is 16.5. The summed E-state index contributed by atoms with van der Waals surface area (Å²) in [5.74, 6) is 0. The lowest BCUT2D eigenvalue weighted by Crippen LogP contribution is -2.52. The first-order valence-electron chi connectivity index (χ1n) is 6.56. The van der Waals surface area contributed by atoms with Gasteiger partial charge in [-0.2, -0.15) is 0 Å². The lowest BCUT2D eigenvalue weighted by Gasteiger charge is -2.32. The summed E-state index contributed by atoms with van der Waals surface area (Å²) < 4.78 is 10.4. The maximum Gasteiger partial charge on any atom is 0.407 e. The van der Waals surface area contributed by atoms with Crippen LogP contribution >= 0.6 is 0 Å². The third kappa shape index (κ3) is 4.19. The van der Waals surface area contributed by atoms with E-state index in [9.17, 15) is 9.90 Å². The Kier molecular flexibility index (Phi) is 5.34. The second-order valence-corrected chi connectivity index (χ2v) is 4.75. The molecule has 0 saturated carbocycles. The molecule has 110 valence electrons. The molecule has 1 heterocycles. The van der Waals surface area contributed by atoms with Gasteiger partial charge in [-0.1, -0.05) is 30.3 Å². The number of rotatable bonds is 4. The van der Waals surface area contributed by atoms with Crippen LogP contribution < -0.4 is 5.32 Å². The predicted octanol–water partition coefficient (Wildman–Crippen LogP) is 0.423. The smallest absolute Gasteiger partial charge is 0.407 e. The Morgan fingerprint density at radius 2 is 2.15 bits per heavy atom. The summed E-state index contributed by atoms with van der Waals surface area (Å²) in [6.45, 7) is 0.199. The van der Waals surface area contributed by atoms with E-state index in [4.69, 9.17) is 14.6 Å². The molecule has 20 heavy (non-hydrogen) atoms. The van der Waals surface area contributed by atoms with Gasteiger partial charge >= 0.3 is 6.09 Å². The Balaban J connectivity index is 1.74. The lowest BCUT2D eigenvalue weighted by atomic mass is 10.0. The number of carbonyl (C=O) groups is 1. The number of nitrogens with one attached hydrogen (secondary N) is 1. The minimum atomic E-state index is -0.745. The van der Waals surface area contributed by atoms with Crippen molar-refractivity contribution in [1.29, 1.82) is 0 Å². The minimum absolute atomic E-state index is 0.137. The molecule has 6 heteroatoms. The van der Waals surface area contributed by atoms with E-state index in [1.54, 1.807) is 0 Å². The quantitative estimate of drug-likeness (QED) is 0.744. The highest BCUT2D eigenvalue weighted by Crippen LogP contribution is 2.14. The van der Waals surface area contributed by atoms with Crippen molar-refractivity contribution < 1.29 is 24.5 Å². The second-order valence-electron chi connectivity index (χ2n) is 4.75. The topological polar surface area (TPSA) is 88.0 Å². The van der Waals surface area contributed by atoms with E-state index >= 15 is 0 Å². The Hall–Kier alpha value is -1.63. The van der Waals surface area contributed by atoms with E-state index in [0.717, 1.165) is 5.56 Å². The van der Waals surface area contributed by atoms with Gasteiger partial charge in [0, 0.05) is 6.42 Å². The van der Waals surface area contributed by atoms with Gasteiger partial charge in [0.25, 0.3) is 0 Å². The minimum Gasteiger partial charge on any atom is -0.445 e. The number of hydrogen-bond acceptors (Lipinski definition) is 5. The van der Waals surface area contributed by atoms with Crippen LogP contribution in [0.4, 0.5) is 4.79 Å². The van der Waals surface area contributed by atoms with Crippen molar-refractivity contribution in [2.24, 2.45) is 0 Å². The summed E-state index contributed by atoms with van der Waals surface area (Å²) in [6.07, 6.45) is -1.42. The molecule has 1 aliphatic heterocycles. The number of aliphatic hydroxyl groups excluding tert-OH is 2. The predicted molar refractivity (Wildman–Crippen MR) is 71.0 cm³/mol. The molecule has 0 unspecified atom stereocenters. The zero-order valence-electron chi connectivity index (χ0n) is 11.1. The molecule has 0 bridgehead atoms. The van der Waals surface area contributed by atoms with E-state index in [2.05, 4.69) is 5.32 Å². The Bertz CT molecular complexity index is 425. The molecule has 1 aromatic carbocycles. The molecule has 1 fully saturated rings. The fourth-order valence-corrected chi connectivity index (χ4v) is 2.03. The number of benzene rings is 1. The molecule has 1 saturated heterocycles. The fraction of sp³-hybridized carbons (Fsp3) is 0.500. The van der Waals surface area contributed by atoms with Crippen molar-refractivity contribution in [2.75, 3.05) is 13.2 Å². The summed E-state index contributed by atoms with van der Waals surface area (Å²) in [5, 5.41) is 21.3. The molecule has 0 aromatic heterocycles. The summed E-state index contributed by atoms with van der Waals surface area (Å²) in [7, 11) is 0. The summed E-state index contributed by atoms with van der Waals surface area (Å²) in [5.41, 5.74) is 0.892. The van der Waals surface area contributed by atoms with Gasteiger partial charge in [-0.05, 0) is 5.56 Å². The van der Waals surface area contributed by atoms with Gasteiger partial charge in [-0.15, -0.1) is 0 Å². The normalized spacial score (nSPS) is 26.0. The number of amides is 1. The zero-order valence-corrected chi connectivity index (χ0v) is 11.1. The third-order valence-electron chi connectivity index (χ3n) is 3.20. The first-order chi connectivity index (χ1) is 9.69. The van der Waals surface area contributed by atoms with Crippen LogP contribution in [0.1, 0.15) is 12.0 Å². The van der Waals surface area contributed by atoms with E-state index in [1.807, 2.05) is 30.3 Å². The number of hydrogen-bond donors (Lipinski definition) is 3. The maximum absolute atomic E-state index is 11.6. The van der Waals surface area contributed by atoms with Gasteiger partial charge in [0.05, 0.1) is 31.5 Å². The van der Waals surface area contributed by atoms with E-state index in [0.29, 0.717) is 6.42 Å². The standard InChI is InChI=1S/C14H19NO5/c16-7-11-6-13(17)12(9-19-11)15-14(18)20-8-10-4-2-1-3-5-10/h1-5,11-13,16-17H,6-9H2,(H,15,18)/t11-,12-,13-/m0/s1. The number of alkyl carbamates (subject to hydrolysis) is 1. The largest absolute Gasteiger partial charge is 0.445 e. The van der Waals surface area contributed by atoms with Crippen molar-refractivity contribution in [3.63, 3.8) is 0 Å². The summed E-state index contributed by atoms with van der Waals surface area (Å²) in [6, 6.07) is 8.82. The molecule has 0 radical (unpaired) electrons. The first kappa shape index (κ1) is 14.8. The van der Waals surface area contributed by atoms with Gasteiger partial charge in [0.15, 0.2) is 0 Å². The van der Waals surface area contributed by atoms with Gasteiger partial charge < -0.3 is 25.0 Å². The first-order valence-corrected chi connectivity index (χ1v) is 6.56. The van der Waals surface area contributed by atoms with E-state index in [-0.39, 0.29) is 25.9 Å². The Morgan fingerprint density at radius 1 is 1.40 bits per heavy atom. The van der Waals surface area contributed by atoms with Crippen LogP contribution in [-0.4, -0.2) is 47.8 Å². The van der Waals surface area contributed by atoms with E-state index in [1.165, 1.54) is 0 Å². The van der Waals surface area contributed by atoms with Crippen LogP contribution in [-0.2, 0) is 16.1 Å². The molecule has 1 aliphatic rings. The van der Waals surface area contributed by atoms with Crippen molar-refractivity contribution >= 4 is 6.09 Å².